The van der Waals surface area contributed by atoms with Gasteiger partial charge in [-0.3, -0.25) is 10.1 Å². The number of likely N-dealkylation sites (N-methyl/N-ethyl adjacent to an activating group) is 1. The number of hydrogen-bond acceptors (Lipinski definition) is 5. The summed E-state index contributed by atoms with van der Waals surface area (Å²) in [5.74, 6) is -0.0996. The van der Waals surface area contributed by atoms with E-state index in [1.807, 2.05) is 31.3 Å². The summed E-state index contributed by atoms with van der Waals surface area (Å²) in [5, 5.41) is 6.72. The topological polar surface area (TPSA) is 57.3 Å². The first-order valence-corrected chi connectivity index (χ1v) is 8.19. The van der Waals surface area contributed by atoms with Crippen LogP contribution in [0.3, 0.4) is 0 Å². The number of carbonyl (C=O) groups excluding carboxylic acids is 1. The van der Waals surface area contributed by atoms with Gasteiger partial charge < -0.3 is 10.2 Å². The zero-order valence-electron chi connectivity index (χ0n) is 12.8. The van der Waals surface area contributed by atoms with E-state index in [1.54, 1.807) is 11.3 Å². The molecule has 22 heavy (non-hydrogen) atoms. The summed E-state index contributed by atoms with van der Waals surface area (Å²) in [6, 6.07) is 7.65. The molecule has 6 heteroatoms. The molecule has 0 atom stereocenters. The van der Waals surface area contributed by atoms with Gasteiger partial charge in [-0.05, 0) is 31.8 Å². The quantitative estimate of drug-likeness (QED) is 0.907. The molecule has 0 fully saturated rings. The van der Waals surface area contributed by atoms with Gasteiger partial charge in [-0.1, -0.05) is 12.1 Å². The van der Waals surface area contributed by atoms with Crippen molar-refractivity contribution in [3.8, 4) is 0 Å². The molecule has 1 aliphatic heterocycles. The Morgan fingerprint density at radius 3 is 3.14 bits per heavy atom. The summed E-state index contributed by atoms with van der Waals surface area (Å²) in [5.41, 5.74) is 2.88. The van der Waals surface area contributed by atoms with Gasteiger partial charge in [0.1, 0.15) is 0 Å². The predicted octanol–water partition coefficient (Wildman–Crippen LogP) is 2.10. The Hall–Kier alpha value is -1.76. The maximum absolute atomic E-state index is 12.4. The largest absolute Gasteiger partial charge is 0.316 e. The van der Waals surface area contributed by atoms with E-state index in [9.17, 15) is 4.79 Å². The van der Waals surface area contributed by atoms with Crippen molar-refractivity contribution in [2.24, 2.45) is 0 Å². The van der Waals surface area contributed by atoms with Crippen molar-refractivity contribution in [1.82, 2.24) is 15.2 Å². The maximum atomic E-state index is 12.4. The fourth-order valence-electron chi connectivity index (χ4n) is 2.57. The molecule has 1 aromatic heterocycles. The molecule has 5 nitrogen and oxygen atoms in total. The number of anilines is 1. The van der Waals surface area contributed by atoms with E-state index in [0.29, 0.717) is 10.7 Å². The van der Waals surface area contributed by atoms with E-state index < -0.39 is 0 Å². The smallest absolute Gasteiger partial charge is 0.257 e. The predicted molar refractivity (Wildman–Crippen MR) is 89.3 cm³/mol. The highest BCUT2D eigenvalue weighted by Gasteiger charge is 2.19. The van der Waals surface area contributed by atoms with E-state index in [2.05, 4.69) is 27.6 Å². The van der Waals surface area contributed by atoms with Crippen LogP contribution in [0.2, 0.25) is 0 Å². The van der Waals surface area contributed by atoms with Crippen molar-refractivity contribution in [2.75, 3.05) is 26.0 Å². The number of carbonyl (C=O) groups is 1. The summed E-state index contributed by atoms with van der Waals surface area (Å²) >= 11 is 1.58. The van der Waals surface area contributed by atoms with Crippen LogP contribution in [-0.4, -0.2) is 36.4 Å². The van der Waals surface area contributed by atoms with E-state index >= 15 is 0 Å². The van der Waals surface area contributed by atoms with Gasteiger partial charge in [-0.25, -0.2) is 4.98 Å². The van der Waals surface area contributed by atoms with Crippen LogP contribution in [0.15, 0.2) is 24.3 Å². The molecule has 0 spiro atoms. The highest BCUT2D eigenvalue weighted by atomic mass is 32.1. The first-order chi connectivity index (χ1) is 10.7. The van der Waals surface area contributed by atoms with Crippen molar-refractivity contribution < 1.29 is 4.79 Å². The third-order valence-corrected chi connectivity index (χ3v) is 4.71. The highest BCUT2D eigenvalue weighted by molar-refractivity contribution is 7.15. The third kappa shape index (κ3) is 3.35. The molecular weight excluding hydrogens is 296 g/mol. The average Bonchev–Trinajstić information content (AvgIpc) is 2.89. The zero-order valence-corrected chi connectivity index (χ0v) is 13.7. The van der Waals surface area contributed by atoms with E-state index in [1.165, 1.54) is 4.88 Å². The van der Waals surface area contributed by atoms with Crippen molar-refractivity contribution in [3.63, 3.8) is 0 Å². The Kier molecular flexibility index (Phi) is 4.52. The first-order valence-electron chi connectivity index (χ1n) is 7.37. The minimum Gasteiger partial charge on any atom is -0.316 e. The molecule has 2 N–H and O–H groups in total. The van der Waals surface area contributed by atoms with Gasteiger partial charge in [0.2, 0.25) is 0 Å². The van der Waals surface area contributed by atoms with Gasteiger partial charge in [0, 0.05) is 36.5 Å². The molecule has 1 aliphatic rings. The number of hydrogen-bond donors (Lipinski definition) is 2. The molecular formula is C16H20N4OS. The molecule has 116 valence electrons. The molecule has 0 saturated carbocycles. The SMILES string of the molecule is CNCc1cccc(C(=O)Nc2nc3c(s2)CN(C)CC3)c1. The number of nitrogens with zero attached hydrogens (tertiary/aromatic N) is 2. The minimum atomic E-state index is -0.0996. The Bertz CT molecular complexity index is 683. The molecule has 0 saturated heterocycles. The minimum absolute atomic E-state index is 0.0996. The van der Waals surface area contributed by atoms with Crippen LogP contribution in [-0.2, 0) is 19.5 Å². The molecule has 0 radical (unpaired) electrons. The van der Waals surface area contributed by atoms with Gasteiger partial charge in [-0.15, -0.1) is 11.3 Å². The molecule has 0 bridgehead atoms. The summed E-state index contributed by atoms with van der Waals surface area (Å²) in [7, 11) is 4.00. The fraction of sp³-hybridized carbons (Fsp3) is 0.375. The van der Waals surface area contributed by atoms with E-state index in [0.717, 1.165) is 37.3 Å². The second-order valence-corrected chi connectivity index (χ2v) is 6.65. The number of benzene rings is 1. The van der Waals surface area contributed by atoms with Crippen molar-refractivity contribution in [1.29, 1.82) is 0 Å². The van der Waals surface area contributed by atoms with Crippen LogP contribution in [0.25, 0.3) is 0 Å². The number of amides is 1. The zero-order chi connectivity index (χ0) is 15.5. The highest BCUT2D eigenvalue weighted by Crippen LogP contribution is 2.28. The maximum Gasteiger partial charge on any atom is 0.257 e. The number of aromatic nitrogens is 1. The molecule has 0 unspecified atom stereocenters. The van der Waals surface area contributed by atoms with Gasteiger partial charge in [0.15, 0.2) is 5.13 Å². The van der Waals surface area contributed by atoms with Crippen molar-refractivity contribution >= 4 is 22.4 Å². The monoisotopic (exact) mass is 316 g/mol. The lowest BCUT2D eigenvalue weighted by atomic mass is 10.1. The standard InChI is InChI=1S/C16H20N4OS/c1-17-9-11-4-3-5-12(8-11)15(21)19-16-18-13-6-7-20(2)10-14(13)22-16/h3-5,8,17H,6-7,9-10H2,1-2H3,(H,18,19,21). The molecule has 2 heterocycles. The van der Waals surface area contributed by atoms with Gasteiger partial charge >= 0.3 is 0 Å². The van der Waals surface area contributed by atoms with Crippen molar-refractivity contribution in [2.45, 2.75) is 19.5 Å². The lowest BCUT2D eigenvalue weighted by molar-refractivity contribution is 0.102. The number of fused-ring (bicyclic) bond motifs is 1. The number of thiazole rings is 1. The van der Waals surface area contributed by atoms with Gasteiger partial charge in [0.05, 0.1) is 5.69 Å². The van der Waals surface area contributed by atoms with Crippen LogP contribution in [0.5, 0.6) is 0 Å². The Morgan fingerprint density at radius 2 is 2.32 bits per heavy atom. The lowest BCUT2D eigenvalue weighted by Gasteiger charge is -2.20. The van der Waals surface area contributed by atoms with Crippen LogP contribution in [0.4, 0.5) is 5.13 Å². The van der Waals surface area contributed by atoms with E-state index in [4.69, 9.17) is 0 Å². The molecule has 0 aliphatic carbocycles. The fourth-order valence-corrected chi connectivity index (χ4v) is 3.66. The molecule has 2 aromatic rings. The van der Waals surface area contributed by atoms with Crippen molar-refractivity contribution in [3.05, 3.63) is 46.0 Å². The molecule has 3 rings (SSSR count). The van der Waals surface area contributed by atoms with Crippen LogP contribution >= 0.6 is 11.3 Å². The normalized spacial score (nSPS) is 14.6. The lowest BCUT2D eigenvalue weighted by Crippen LogP contribution is -2.25. The van der Waals surface area contributed by atoms with Gasteiger partial charge in [-0.2, -0.15) is 0 Å². The van der Waals surface area contributed by atoms with Crippen LogP contribution in [0, 0.1) is 0 Å². The third-order valence-electron chi connectivity index (χ3n) is 3.71. The molecule has 1 aromatic carbocycles. The van der Waals surface area contributed by atoms with E-state index in [-0.39, 0.29) is 5.91 Å². The second-order valence-electron chi connectivity index (χ2n) is 5.56. The number of nitrogens with one attached hydrogen (secondary N) is 2. The first kappa shape index (κ1) is 15.1. The average molecular weight is 316 g/mol. The van der Waals surface area contributed by atoms with Crippen LogP contribution in [0.1, 0.15) is 26.5 Å². The Labute approximate surface area is 134 Å². The second kappa shape index (κ2) is 6.56. The van der Waals surface area contributed by atoms with Crippen LogP contribution < -0.4 is 10.6 Å². The molecule has 1 amide bonds. The summed E-state index contributed by atoms with van der Waals surface area (Å²) in [6.45, 7) is 2.69. The summed E-state index contributed by atoms with van der Waals surface area (Å²) in [6.07, 6.45) is 0.954. The van der Waals surface area contributed by atoms with Gasteiger partial charge in [0.25, 0.3) is 5.91 Å². The summed E-state index contributed by atoms with van der Waals surface area (Å²) < 4.78 is 0. The Morgan fingerprint density at radius 1 is 1.45 bits per heavy atom. The summed E-state index contributed by atoms with van der Waals surface area (Å²) in [4.78, 5) is 20.5. The number of rotatable bonds is 4. The Balaban J connectivity index is 1.73.